The van der Waals surface area contributed by atoms with E-state index in [0.717, 1.165) is 25.0 Å². The number of hydrogen-bond acceptors (Lipinski definition) is 4. The lowest BCUT2D eigenvalue weighted by molar-refractivity contribution is -0.140. The summed E-state index contributed by atoms with van der Waals surface area (Å²) < 4.78 is 48.7. The van der Waals surface area contributed by atoms with Crippen molar-refractivity contribution in [1.29, 1.82) is 0 Å². The van der Waals surface area contributed by atoms with E-state index in [1.165, 1.54) is 0 Å². The van der Waals surface area contributed by atoms with Gasteiger partial charge >= 0.3 is 6.18 Å². The van der Waals surface area contributed by atoms with Crippen molar-refractivity contribution < 1.29 is 22.6 Å². The fraction of sp³-hybridized carbons (Fsp3) is 0.688. The molecule has 1 aromatic rings. The van der Waals surface area contributed by atoms with Crippen LogP contribution in [0.15, 0.2) is 24.5 Å². The summed E-state index contributed by atoms with van der Waals surface area (Å²) >= 11 is 0. The number of likely N-dealkylation sites (tertiary alicyclic amines) is 1. The molecular weight excluding hydrogens is 309 g/mol. The maximum Gasteiger partial charge on any atom is 0.390 e. The molecule has 0 aromatic carbocycles. The van der Waals surface area contributed by atoms with E-state index < -0.39 is 12.6 Å². The molecule has 1 unspecified atom stereocenters. The first-order valence-corrected chi connectivity index (χ1v) is 7.94. The highest BCUT2D eigenvalue weighted by atomic mass is 19.4. The maximum absolute atomic E-state index is 12.3. The highest BCUT2D eigenvalue weighted by Crippen LogP contribution is 2.37. The minimum atomic E-state index is -4.08. The molecule has 4 nitrogen and oxygen atoms in total. The molecular formula is C16H21F3N2O2. The second-order valence-electron chi connectivity index (χ2n) is 6.33. The molecule has 1 atom stereocenters. The molecule has 2 fully saturated rings. The van der Waals surface area contributed by atoms with Crippen LogP contribution in [0.5, 0.6) is 5.75 Å². The first-order valence-electron chi connectivity index (χ1n) is 7.94. The summed E-state index contributed by atoms with van der Waals surface area (Å²) in [5.74, 6) is 0.723. The van der Waals surface area contributed by atoms with Gasteiger partial charge in [0.2, 0.25) is 0 Å². The second kappa shape index (κ2) is 6.65. The molecule has 1 spiro atoms. The van der Waals surface area contributed by atoms with Crippen molar-refractivity contribution in [2.75, 3.05) is 26.2 Å². The Morgan fingerprint density at radius 2 is 2.13 bits per heavy atom. The highest BCUT2D eigenvalue weighted by Gasteiger charge is 2.44. The van der Waals surface area contributed by atoms with Gasteiger partial charge in [0.1, 0.15) is 11.9 Å². The van der Waals surface area contributed by atoms with E-state index in [4.69, 9.17) is 9.47 Å². The van der Waals surface area contributed by atoms with Gasteiger partial charge in [0.15, 0.2) is 0 Å². The lowest BCUT2D eigenvalue weighted by atomic mass is 9.88. The van der Waals surface area contributed by atoms with E-state index in [1.807, 2.05) is 17.0 Å². The molecule has 7 heteroatoms. The predicted molar refractivity (Wildman–Crippen MR) is 78.3 cm³/mol. The van der Waals surface area contributed by atoms with E-state index in [0.29, 0.717) is 19.7 Å². The molecule has 0 N–H and O–H groups in total. The van der Waals surface area contributed by atoms with Crippen molar-refractivity contribution in [3.05, 3.63) is 24.5 Å². The van der Waals surface area contributed by atoms with Gasteiger partial charge in [-0.15, -0.1) is 0 Å². The SMILES string of the molecule is FC(F)(F)CCN1CCC2(CC1)CC(Oc1cccnc1)CO2. The Morgan fingerprint density at radius 1 is 1.35 bits per heavy atom. The third kappa shape index (κ3) is 4.57. The fourth-order valence-electron chi connectivity index (χ4n) is 3.30. The molecule has 3 rings (SSSR count). The van der Waals surface area contributed by atoms with Gasteiger partial charge in [-0.05, 0) is 25.0 Å². The number of pyridine rings is 1. The molecule has 2 aliphatic heterocycles. The number of ether oxygens (including phenoxy) is 2. The van der Waals surface area contributed by atoms with Crippen molar-refractivity contribution >= 4 is 0 Å². The quantitative estimate of drug-likeness (QED) is 0.850. The zero-order valence-corrected chi connectivity index (χ0v) is 12.9. The monoisotopic (exact) mass is 330 g/mol. The van der Waals surface area contributed by atoms with Crippen molar-refractivity contribution in [3.63, 3.8) is 0 Å². The molecule has 0 bridgehead atoms. The van der Waals surface area contributed by atoms with Crippen LogP contribution in [0.2, 0.25) is 0 Å². The molecule has 1 aromatic heterocycles. The molecule has 128 valence electrons. The second-order valence-corrected chi connectivity index (χ2v) is 6.33. The van der Waals surface area contributed by atoms with E-state index in [1.54, 1.807) is 12.4 Å². The summed E-state index contributed by atoms with van der Waals surface area (Å²) in [7, 11) is 0. The van der Waals surface area contributed by atoms with Crippen LogP contribution in [0.25, 0.3) is 0 Å². The van der Waals surface area contributed by atoms with Crippen LogP contribution in [-0.2, 0) is 4.74 Å². The van der Waals surface area contributed by atoms with E-state index in [-0.39, 0.29) is 18.2 Å². The summed E-state index contributed by atoms with van der Waals surface area (Å²) in [6, 6.07) is 3.68. The first-order chi connectivity index (χ1) is 10.9. The number of halogens is 3. The summed E-state index contributed by atoms with van der Waals surface area (Å²) in [5, 5.41) is 0. The Balaban J connectivity index is 1.46. The average Bonchev–Trinajstić information content (AvgIpc) is 2.90. The van der Waals surface area contributed by atoms with Crippen LogP contribution in [-0.4, -0.2) is 54.0 Å². The molecule has 0 radical (unpaired) electrons. The Labute approximate surface area is 133 Å². The third-order valence-electron chi connectivity index (χ3n) is 4.59. The molecule has 2 saturated heterocycles. The van der Waals surface area contributed by atoms with Crippen molar-refractivity contribution in [3.8, 4) is 5.75 Å². The lowest BCUT2D eigenvalue weighted by Crippen LogP contribution is -2.45. The smallest absolute Gasteiger partial charge is 0.390 e. The van der Waals surface area contributed by atoms with Crippen LogP contribution in [0.4, 0.5) is 13.2 Å². The van der Waals surface area contributed by atoms with E-state index >= 15 is 0 Å². The largest absolute Gasteiger partial charge is 0.486 e. The summed E-state index contributed by atoms with van der Waals surface area (Å²) in [6.07, 6.45) is 0.835. The number of hydrogen-bond donors (Lipinski definition) is 0. The summed E-state index contributed by atoms with van der Waals surface area (Å²) in [6.45, 7) is 1.90. The maximum atomic E-state index is 12.3. The van der Waals surface area contributed by atoms with Gasteiger partial charge in [0.25, 0.3) is 0 Å². The number of aromatic nitrogens is 1. The van der Waals surface area contributed by atoms with Gasteiger partial charge in [-0.3, -0.25) is 4.98 Å². The Bertz CT molecular complexity index is 502. The van der Waals surface area contributed by atoms with Gasteiger partial charge in [0, 0.05) is 32.3 Å². The predicted octanol–water partition coefficient (Wildman–Crippen LogP) is 3.04. The third-order valence-corrected chi connectivity index (χ3v) is 4.59. The van der Waals surface area contributed by atoms with Crippen molar-refractivity contribution in [2.24, 2.45) is 0 Å². The molecule has 3 heterocycles. The summed E-state index contributed by atoms with van der Waals surface area (Å²) in [4.78, 5) is 5.89. The highest BCUT2D eigenvalue weighted by molar-refractivity contribution is 5.16. The number of nitrogens with zero attached hydrogens (tertiary/aromatic N) is 2. The Morgan fingerprint density at radius 3 is 2.78 bits per heavy atom. The molecule has 0 saturated carbocycles. The Hall–Kier alpha value is -1.34. The van der Waals surface area contributed by atoms with Crippen molar-refractivity contribution in [2.45, 2.75) is 43.6 Å². The van der Waals surface area contributed by atoms with Crippen LogP contribution in [0, 0.1) is 0 Å². The number of rotatable bonds is 4. The van der Waals surface area contributed by atoms with Crippen LogP contribution in [0.1, 0.15) is 25.7 Å². The number of alkyl halides is 3. The molecule has 0 amide bonds. The van der Waals surface area contributed by atoms with Crippen LogP contribution < -0.4 is 4.74 Å². The standard InChI is InChI=1S/C16H21F3N2O2/c17-16(18,19)5-9-21-7-3-15(4-8-21)10-14(12-22-15)23-13-2-1-6-20-11-13/h1-2,6,11,14H,3-5,7-10,12H2. The zero-order chi connectivity index (χ0) is 16.3. The summed E-state index contributed by atoms with van der Waals surface area (Å²) in [5.41, 5.74) is -0.235. The van der Waals surface area contributed by atoms with Crippen LogP contribution >= 0.6 is 0 Å². The minimum Gasteiger partial charge on any atom is -0.486 e. The molecule has 0 aliphatic carbocycles. The molecule has 23 heavy (non-hydrogen) atoms. The van der Waals surface area contributed by atoms with Crippen LogP contribution in [0.3, 0.4) is 0 Å². The van der Waals surface area contributed by atoms with Gasteiger partial charge in [0.05, 0.1) is 24.8 Å². The topological polar surface area (TPSA) is 34.6 Å². The van der Waals surface area contributed by atoms with Crippen molar-refractivity contribution in [1.82, 2.24) is 9.88 Å². The minimum absolute atomic E-state index is 0.0130. The van der Waals surface area contributed by atoms with Gasteiger partial charge in [-0.2, -0.15) is 13.2 Å². The first kappa shape index (κ1) is 16.5. The van der Waals surface area contributed by atoms with Gasteiger partial charge in [-0.25, -0.2) is 0 Å². The molecule has 2 aliphatic rings. The van der Waals surface area contributed by atoms with Gasteiger partial charge in [-0.1, -0.05) is 0 Å². The van der Waals surface area contributed by atoms with E-state index in [2.05, 4.69) is 4.98 Å². The fourth-order valence-corrected chi connectivity index (χ4v) is 3.30. The van der Waals surface area contributed by atoms with Gasteiger partial charge < -0.3 is 14.4 Å². The number of piperidine rings is 1. The normalized spacial score (nSPS) is 24.9. The van der Waals surface area contributed by atoms with E-state index in [9.17, 15) is 13.2 Å². The average molecular weight is 330 g/mol. The zero-order valence-electron chi connectivity index (χ0n) is 12.9. The Kier molecular flexibility index (Phi) is 4.77. The lowest BCUT2D eigenvalue weighted by Gasteiger charge is -2.38.